The molecule has 1 aliphatic rings. The Morgan fingerprint density at radius 1 is 1.39 bits per heavy atom. The van der Waals surface area contributed by atoms with E-state index in [9.17, 15) is 0 Å². The molecule has 2 N–H and O–H groups in total. The van der Waals surface area contributed by atoms with Gasteiger partial charge in [-0.05, 0) is 39.0 Å². The Balaban J connectivity index is 1.82. The van der Waals surface area contributed by atoms with Crippen LogP contribution >= 0.6 is 0 Å². The Kier molecular flexibility index (Phi) is 4.75. The number of rotatable bonds is 5. The topological polar surface area (TPSA) is 32.5 Å². The summed E-state index contributed by atoms with van der Waals surface area (Å²) in [6.45, 7) is 3.29. The van der Waals surface area contributed by atoms with Crippen LogP contribution in [0.5, 0.6) is 0 Å². The van der Waals surface area contributed by atoms with Crippen LogP contribution < -0.4 is 5.73 Å². The van der Waals surface area contributed by atoms with E-state index in [0.29, 0.717) is 6.04 Å². The van der Waals surface area contributed by atoms with E-state index >= 15 is 0 Å². The Morgan fingerprint density at radius 2 is 2.11 bits per heavy atom. The van der Waals surface area contributed by atoms with Gasteiger partial charge in [-0.2, -0.15) is 0 Å². The highest BCUT2D eigenvalue weighted by Gasteiger charge is 2.22. The minimum absolute atomic E-state index is 0.114. The molecule has 0 aromatic heterocycles. The second-order valence-electron chi connectivity index (χ2n) is 5.52. The molecule has 18 heavy (non-hydrogen) atoms. The second-order valence-corrected chi connectivity index (χ2v) is 5.52. The molecule has 1 aromatic rings. The summed E-state index contributed by atoms with van der Waals surface area (Å²) < 4.78 is 0. The number of hydrogen-bond acceptors (Lipinski definition) is 3. The molecule has 0 bridgehead atoms. The van der Waals surface area contributed by atoms with Crippen molar-refractivity contribution >= 4 is 0 Å². The molecule has 2 unspecified atom stereocenters. The number of nitrogens with two attached hydrogens (primary N) is 1. The summed E-state index contributed by atoms with van der Waals surface area (Å²) in [5.74, 6) is 0. The third-order valence-electron chi connectivity index (χ3n) is 3.93. The van der Waals surface area contributed by atoms with E-state index in [4.69, 9.17) is 5.73 Å². The summed E-state index contributed by atoms with van der Waals surface area (Å²) in [5, 5.41) is 0. The molecule has 3 heteroatoms. The lowest BCUT2D eigenvalue weighted by atomic mass is 10.1. The Morgan fingerprint density at radius 3 is 2.72 bits per heavy atom. The van der Waals surface area contributed by atoms with Crippen molar-refractivity contribution in [3.63, 3.8) is 0 Å². The lowest BCUT2D eigenvalue weighted by Crippen LogP contribution is -2.39. The van der Waals surface area contributed by atoms with E-state index < -0.39 is 0 Å². The van der Waals surface area contributed by atoms with E-state index in [0.717, 1.165) is 13.1 Å². The summed E-state index contributed by atoms with van der Waals surface area (Å²) in [4.78, 5) is 4.83. The van der Waals surface area contributed by atoms with E-state index in [-0.39, 0.29) is 6.04 Å². The SMILES string of the molecule is CN(CC(N)c1ccccc1)CC1CCCN1C. The smallest absolute Gasteiger partial charge is 0.0424 e. The number of likely N-dealkylation sites (N-methyl/N-ethyl adjacent to an activating group) is 2. The molecule has 0 amide bonds. The van der Waals surface area contributed by atoms with Crippen molar-refractivity contribution in [2.75, 3.05) is 33.7 Å². The Bertz CT molecular complexity index is 352. The first-order valence-electron chi connectivity index (χ1n) is 6.86. The average Bonchev–Trinajstić information content (AvgIpc) is 2.76. The average molecular weight is 247 g/mol. The van der Waals surface area contributed by atoms with Gasteiger partial charge in [-0.1, -0.05) is 30.3 Å². The largest absolute Gasteiger partial charge is 0.323 e. The number of likely N-dealkylation sites (tertiary alicyclic amines) is 1. The first-order chi connectivity index (χ1) is 8.66. The van der Waals surface area contributed by atoms with Gasteiger partial charge in [0, 0.05) is 25.2 Å². The van der Waals surface area contributed by atoms with Gasteiger partial charge in [0.05, 0.1) is 0 Å². The van der Waals surface area contributed by atoms with Crippen LogP contribution in [-0.4, -0.2) is 49.6 Å². The van der Waals surface area contributed by atoms with E-state index in [1.165, 1.54) is 24.9 Å². The van der Waals surface area contributed by atoms with Gasteiger partial charge in [-0.3, -0.25) is 0 Å². The third kappa shape index (κ3) is 3.55. The van der Waals surface area contributed by atoms with Crippen molar-refractivity contribution in [3.8, 4) is 0 Å². The van der Waals surface area contributed by atoms with Crippen molar-refractivity contribution in [3.05, 3.63) is 35.9 Å². The van der Waals surface area contributed by atoms with E-state index in [1.54, 1.807) is 0 Å². The fourth-order valence-electron chi connectivity index (χ4n) is 2.79. The molecule has 2 atom stereocenters. The normalized spacial score (nSPS) is 22.6. The predicted octanol–water partition coefficient (Wildman–Crippen LogP) is 1.71. The molecule has 3 nitrogen and oxygen atoms in total. The summed E-state index contributed by atoms with van der Waals surface area (Å²) in [6.07, 6.45) is 2.65. The van der Waals surface area contributed by atoms with Crippen molar-refractivity contribution < 1.29 is 0 Å². The molecule has 0 aliphatic carbocycles. The van der Waals surface area contributed by atoms with Crippen LogP contribution in [0.2, 0.25) is 0 Å². The maximum atomic E-state index is 6.25. The van der Waals surface area contributed by atoms with Gasteiger partial charge in [0.2, 0.25) is 0 Å². The zero-order valence-corrected chi connectivity index (χ0v) is 11.5. The van der Waals surface area contributed by atoms with Crippen molar-refractivity contribution in [1.29, 1.82) is 0 Å². The van der Waals surface area contributed by atoms with Crippen LogP contribution in [0.4, 0.5) is 0 Å². The van der Waals surface area contributed by atoms with E-state index in [2.05, 4.69) is 48.2 Å². The van der Waals surface area contributed by atoms with Gasteiger partial charge >= 0.3 is 0 Å². The molecule has 0 saturated carbocycles. The fraction of sp³-hybridized carbons (Fsp3) is 0.600. The number of benzene rings is 1. The maximum absolute atomic E-state index is 6.25. The van der Waals surface area contributed by atoms with Gasteiger partial charge in [-0.15, -0.1) is 0 Å². The monoisotopic (exact) mass is 247 g/mol. The number of hydrogen-bond donors (Lipinski definition) is 1. The van der Waals surface area contributed by atoms with Gasteiger partial charge in [0.15, 0.2) is 0 Å². The fourth-order valence-corrected chi connectivity index (χ4v) is 2.79. The summed E-state index contributed by atoms with van der Waals surface area (Å²) in [7, 11) is 4.40. The van der Waals surface area contributed by atoms with Crippen LogP contribution in [0.25, 0.3) is 0 Å². The van der Waals surface area contributed by atoms with Gasteiger partial charge in [-0.25, -0.2) is 0 Å². The highest BCUT2D eigenvalue weighted by molar-refractivity contribution is 5.18. The summed E-state index contributed by atoms with van der Waals surface area (Å²) in [6, 6.07) is 11.2. The molecular formula is C15H25N3. The standard InChI is InChI=1S/C15H25N3/c1-17(11-14-9-6-10-18(14)2)12-15(16)13-7-4-3-5-8-13/h3-5,7-8,14-15H,6,9-12,16H2,1-2H3. The van der Waals surface area contributed by atoms with Crippen molar-refractivity contribution in [1.82, 2.24) is 9.80 Å². The minimum Gasteiger partial charge on any atom is -0.323 e. The molecule has 2 rings (SSSR count). The molecule has 1 heterocycles. The molecule has 1 aromatic carbocycles. The first kappa shape index (κ1) is 13.5. The quantitative estimate of drug-likeness (QED) is 0.860. The lowest BCUT2D eigenvalue weighted by Gasteiger charge is -2.27. The molecule has 0 spiro atoms. The molecule has 1 fully saturated rings. The van der Waals surface area contributed by atoms with Gasteiger partial charge in [0.1, 0.15) is 0 Å². The maximum Gasteiger partial charge on any atom is 0.0424 e. The molecular weight excluding hydrogens is 222 g/mol. The van der Waals surface area contributed by atoms with Crippen LogP contribution in [0.3, 0.4) is 0 Å². The van der Waals surface area contributed by atoms with Crippen LogP contribution in [0.1, 0.15) is 24.4 Å². The molecule has 1 saturated heterocycles. The molecule has 0 radical (unpaired) electrons. The minimum atomic E-state index is 0.114. The third-order valence-corrected chi connectivity index (χ3v) is 3.93. The van der Waals surface area contributed by atoms with Crippen LogP contribution in [-0.2, 0) is 0 Å². The van der Waals surface area contributed by atoms with Gasteiger partial charge < -0.3 is 15.5 Å². The van der Waals surface area contributed by atoms with Crippen molar-refractivity contribution in [2.24, 2.45) is 5.73 Å². The molecule has 1 aliphatic heterocycles. The van der Waals surface area contributed by atoms with Gasteiger partial charge in [0.25, 0.3) is 0 Å². The molecule has 100 valence electrons. The highest BCUT2D eigenvalue weighted by atomic mass is 15.2. The van der Waals surface area contributed by atoms with E-state index in [1.807, 2.05) is 6.07 Å². The summed E-state index contributed by atoms with van der Waals surface area (Å²) in [5.41, 5.74) is 7.48. The summed E-state index contributed by atoms with van der Waals surface area (Å²) >= 11 is 0. The zero-order valence-electron chi connectivity index (χ0n) is 11.5. The first-order valence-corrected chi connectivity index (χ1v) is 6.86. The second kappa shape index (κ2) is 6.32. The Labute approximate surface area is 111 Å². The van der Waals surface area contributed by atoms with Crippen LogP contribution in [0.15, 0.2) is 30.3 Å². The predicted molar refractivity (Wildman–Crippen MR) is 76.5 cm³/mol. The number of nitrogens with zero attached hydrogens (tertiary/aromatic N) is 2. The van der Waals surface area contributed by atoms with Crippen LogP contribution in [0, 0.1) is 0 Å². The lowest BCUT2D eigenvalue weighted by molar-refractivity contribution is 0.213. The zero-order chi connectivity index (χ0) is 13.0. The highest BCUT2D eigenvalue weighted by Crippen LogP contribution is 2.17. The Hall–Kier alpha value is -0.900. The van der Waals surface area contributed by atoms with Crippen molar-refractivity contribution in [2.45, 2.75) is 24.9 Å².